The molecule has 0 aliphatic heterocycles. The molecular formula is C15H22N2O4. The van der Waals surface area contributed by atoms with Crippen molar-refractivity contribution in [3.8, 4) is 11.5 Å². The number of unbranched alkanes of at least 4 members (excludes halogenated alkanes) is 1. The van der Waals surface area contributed by atoms with Gasteiger partial charge in [0.05, 0.1) is 13.7 Å². The van der Waals surface area contributed by atoms with Crippen molar-refractivity contribution in [2.75, 3.05) is 26.8 Å². The van der Waals surface area contributed by atoms with E-state index in [9.17, 15) is 9.59 Å². The van der Waals surface area contributed by atoms with Crippen molar-refractivity contribution in [1.82, 2.24) is 10.6 Å². The van der Waals surface area contributed by atoms with E-state index < -0.39 is 0 Å². The first-order valence-electron chi connectivity index (χ1n) is 6.96. The van der Waals surface area contributed by atoms with Crippen molar-refractivity contribution >= 4 is 11.8 Å². The van der Waals surface area contributed by atoms with E-state index in [0.29, 0.717) is 12.3 Å². The molecule has 0 saturated carbocycles. The first-order chi connectivity index (χ1) is 10.2. The molecule has 0 spiro atoms. The number of benzene rings is 1. The zero-order chi connectivity index (χ0) is 15.5. The summed E-state index contributed by atoms with van der Waals surface area (Å²) in [5.41, 5.74) is 0. The Labute approximate surface area is 124 Å². The summed E-state index contributed by atoms with van der Waals surface area (Å²) in [6.45, 7) is 2.51. The van der Waals surface area contributed by atoms with Gasteiger partial charge in [-0.15, -0.1) is 0 Å². The molecule has 0 atom stereocenters. The maximum atomic E-state index is 11.5. The summed E-state index contributed by atoms with van der Waals surface area (Å²) >= 11 is 0. The molecule has 0 radical (unpaired) electrons. The minimum atomic E-state index is -0.337. The van der Waals surface area contributed by atoms with Gasteiger partial charge in [-0.3, -0.25) is 9.59 Å². The molecule has 1 aromatic rings. The van der Waals surface area contributed by atoms with Gasteiger partial charge in [0.25, 0.3) is 5.91 Å². The highest BCUT2D eigenvalue weighted by Crippen LogP contribution is 2.16. The summed E-state index contributed by atoms with van der Waals surface area (Å²) in [6, 6.07) is 6.91. The van der Waals surface area contributed by atoms with Crippen molar-refractivity contribution in [3.63, 3.8) is 0 Å². The lowest BCUT2D eigenvalue weighted by atomic mass is 10.3. The van der Waals surface area contributed by atoms with Crippen LogP contribution in [0.3, 0.4) is 0 Å². The predicted molar refractivity (Wildman–Crippen MR) is 79.4 cm³/mol. The highest BCUT2D eigenvalue weighted by Gasteiger charge is 2.06. The number of ether oxygens (including phenoxy) is 2. The van der Waals surface area contributed by atoms with Crippen molar-refractivity contribution < 1.29 is 19.1 Å². The van der Waals surface area contributed by atoms with Gasteiger partial charge in [0, 0.05) is 6.54 Å². The first kappa shape index (κ1) is 16.8. The van der Waals surface area contributed by atoms with E-state index >= 15 is 0 Å². The van der Waals surface area contributed by atoms with Gasteiger partial charge < -0.3 is 20.1 Å². The lowest BCUT2D eigenvalue weighted by molar-refractivity contribution is -0.127. The Morgan fingerprint density at radius 1 is 1.05 bits per heavy atom. The van der Waals surface area contributed by atoms with Gasteiger partial charge in [-0.25, -0.2) is 0 Å². The number of nitrogens with one attached hydrogen (secondary N) is 2. The fourth-order valence-corrected chi connectivity index (χ4v) is 1.52. The van der Waals surface area contributed by atoms with Crippen LogP contribution in [0.1, 0.15) is 19.8 Å². The van der Waals surface area contributed by atoms with Gasteiger partial charge in [-0.1, -0.05) is 13.3 Å². The topological polar surface area (TPSA) is 76.7 Å². The zero-order valence-electron chi connectivity index (χ0n) is 12.5. The summed E-state index contributed by atoms with van der Waals surface area (Å²) in [5.74, 6) is 0.756. The number of methoxy groups -OCH3 is 1. The second kappa shape index (κ2) is 9.63. The molecule has 6 nitrogen and oxygen atoms in total. The van der Waals surface area contributed by atoms with E-state index in [2.05, 4.69) is 10.6 Å². The lowest BCUT2D eigenvalue weighted by Gasteiger charge is -2.08. The van der Waals surface area contributed by atoms with Crippen molar-refractivity contribution in [2.45, 2.75) is 19.8 Å². The standard InChI is InChI=1S/C15H22N2O4/c1-3-4-9-16-14(18)10-17-15(19)11-21-13-7-5-12(20-2)6-8-13/h5-8H,3-4,9-11H2,1-2H3,(H,16,18)(H,17,19). The summed E-state index contributed by atoms with van der Waals surface area (Å²) in [6.07, 6.45) is 1.95. The quantitative estimate of drug-likeness (QED) is 0.669. The number of hydrogen-bond donors (Lipinski definition) is 2. The first-order valence-corrected chi connectivity index (χ1v) is 6.96. The molecule has 2 amide bonds. The van der Waals surface area contributed by atoms with Gasteiger partial charge >= 0.3 is 0 Å². The molecular weight excluding hydrogens is 272 g/mol. The third-order valence-corrected chi connectivity index (χ3v) is 2.73. The van der Waals surface area contributed by atoms with Gasteiger partial charge in [-0.05, 0) is 30.7 Å². The van der Waals surface area contributed by atoms with Crippen LogP contribution in [0.5, 0.6) is 11.5 Å². The van der Waals surface area contributed by atoms with Crippen molar-refractivity contribution in [2.24, 2.45) is 0 Å². The highest BCUT2D eigenvalue weighted by atomic mass is 16.5. The molecule has 2 N–H and O–H groups in total. The number of carbonyl (C=O) groups is 2. The van der Waals surface area contributed by atoms with E-state index in [1.807, 2.05) is 6.92 Å². The van der Waals surface area contributed by atoms with Crippen LogP contribution in [0.4, 0.5) is 0 Å². The van der Waals surface area contributed by atoms with Crippen LogP contribution in [0, 0.1) is 0 Å². The van der Waals surface area contributed by atoms with Gasteiger partial charge in [0.2, 0.25) is 5.91 Å². The number of hydrogen-bond acceptors (Lipinski definition) is 4. The Kier molecular flexibility index (Phi) is 7.71. The smallest absolute Gasteiger partial charge is 0.258 e. The third kappa shape index (κ3) is 7.20. The van der Waals surface area contributed by atoms with Crippen LogP contribution < -0.4 is 20.1 Å². The molecule has 1 aromatic carbocycles. The lowest BCUT2D eigenvalue weighted by Crippen LogP contribution is -2.39. The molecule has 1 rings (SSSR count). The van der Waals surface area contributed by atoms with Crippen LogP contribution in [0.25, 0.3) is 0 Å². The number of rotatable bonds is 9. The van der Waals surface area contributed by atoms with Crippen LogP contribution in [-0.2, 0) is 9.59 Å². The fraction of sp³-hybridized carbons (Fsp3) is 0.467. The number of amides is 2. The maximum Gasteiger partial charge on any atom is 0.258 e. The highest BCUT2D eigenvalue weighted by molar-refractivity contribution is 5.85. The fourth-order valence-electron chi connectivity index (χ4n) is 1.52. The monoisotopic (exact) mass is 294 g/mol. The second-order valence-electron chi connectivity index (χ2n) is 4.44. The Balaban J connectivity index is 2.19. The molecule has 0 saturated heterocycles. The molecule has 0 fully saturated rings. The molecule has 0 aliphatic carbocycles. The minimum Gasteiger partial charge on any atom is -0.497 e. The van der Waals surface area contributed by atoms with Gasteiger partial charge in [0.15, 0.2) is 6.61 Å². The number of carbonyl (C=O) groups excluding carboxylic acids is 2. The molecule has 116 valence electrons. The maximum absolute atomic E-state index is 11.5. The van der Waals surface area contributed by atoms with E-state index in [4.69, 9.17) is 9.47 Å². The Morgan fingerprint density at radius 2 is 1.71 bits per heavy atom. The molecule has 0 unspecified atom stereocenters. The van der Waals surface area contributed by atoms with E-state index in [-0.39, 0.29) is 25.0 Å². The Morgan fingerprint density at radius 3 is 2.33 bits per heavy atom. The average molecular weight is 294 g/mol. The molecule has 21 heavy (non-hydrogen) atoms. The van der Waals surface area contributed by atoms with E-state index in [1.165, 1.54) is 0 Å². The largest absolute Gasteiger partial charge is 0.497 e. The van der Waals surface area contributed by atoms with Crippen LogP contribution in [0.15, 0.2) is 24.3 Å². The Bertz CT molecular complexity index is 445. The van der Waals surface area contributed by atoms with Crippen molar-refractivity contribution in [3.05, 3.63) is 24.3 Å². The molecule has 0 aliphatic rings. The van der Waals surface area contributed by atoms with Gasteiger partial charge in [-0.2, -0.15) is 0 Å². The second-order valence-corrected chi connectivity index (χ2v) is 4.44. The van der Waals surface area contributed by atoms with E-state index in [0.717, 1.165) is 18.6 Å². The van der Waals surface area contributed by atoms with Crippen molar-refractivity contribution in [1.29, 1.82) is 0 Å². The molecule has 0 bridgehead atoms. The SMILES string of the molecule is CCCCNC(=O)CNC(=O)COc1ccc(OC)cc1. The molecule has 6 heteroatoms. The molecule has 0 heterocycles. The normalized spacial score (nSPS) is 9.81. The van der Waals surface area contributed by atoms with Gasteiger partial charge in [0.1, 0.15) is 11.5 Å². The minimum absolute atomic E-state index is 0.0332. The summed E-state index contributed by atoms with van der Waals surface area (Å²) in [7, 11) is 1.58. The average Bonchev–Trinajstić information content (AvgIpc) is 2.51. The van der Waals surface area contributed by atoms with Crippen LogP contribution >= 0.6 is 0 Å². The summed E-state index contributed by atoms with van der Waals surface area (Å²) in [4.78, 5) is 22.9. The van der Waals surface area contributed by atoms with Crippen LogP contribution in [-0.4, -0.2) is 38.6 Å². The van der Waals surface area contributed by atoms with E-state index in [1.54, 1.807) is 31.4 Å². The third-order valence-electron chi connectivity index (χ3n) is 2.73. The van der Waals surface area contributed by atoms with Crippen LogP contribution in [0.2, 0.25) is 0 Å². The molecule has 0 aromatic heterocycles. The Hall–Kier alpha value is -2.24. The summed E-state index contributed by atoms with van der Waals surface area (Å²) < 4.78 is 10.3. The summed E-state index contributed by atoms with van der Waals surface area (Å²) in [5, 5.41) is 5.22. The predicted octanol–water partition coefficient (Wildman–Crippen LogP) is 1.11. The zero-order valence-corrected chi connectivity index (χ0v) is 12.5.